The first-order chi connectivity index (χ1) is 12.5. The van der Waals surface area contributed by atoms with E-state index in [0.717, 1.165) is 0 Å². The second-order valence-corrected chi connectivity index (χ2v) is 7.87. The largest absolute Gasteiger partial charge is 0.364 e. The van der Waals surface area contributed by atoms with Crippen LogP contribution >= 0.6 is 11.6 Å². The van der Waals surface area contributed by atoms with Crippen LogP contribution in [0.3, 0.4) is 0 Å². The van der Waals surface area contributed by atoms with Crippen LogP contribution in [0, 0.1) is 12.7 Å². The molecule has 0 fully saturated rings. The zero-order valence-electron chi connectivity index (χ0n) is 15.4. The molecule has 3 aromatic rings. The van der Waals surface area contributed by atoms with Gasteiger partial charge >= 0.3 is 0 Å². The molecule has 0 atom stereocenters. The lowest BCUT2D eigenvalue weighted by Gasteiger charge is -2.24. The smallest absolute Gasteiger partial charge is 0.268 e. The van der Waals surface area contributed by atoms with Crippen LogP contribution in [0.15, 0.2) is 29.2 Å². The van der Waals surface area contributed by atoms with Crippen molar-refractivity contribution in [2.24, 2.45) is 5.73 Å². The van der Waals surface area contributed by atoms with Crippen LogP contribution in [0.4, 0.5) is 4.39 Å². The number of aromatic amines is 1. The molecule has 0 radical (unpaired) electrons. The molecule has 1 amide bonds. The second-order valence-electron chi connectivity index (χ2n) is 7.46. The standard InChI is InChI=1S/C20H19ClFN3O2/c1-9-10(7-11(21)16(17(9)22)20(2,3)4)13-8-14(26)15-12(25-13)5-6-24-18(15)19(23)27/h5-8H,1-4H3,(H2,23,27)(H,25,26). The van der Waals surface area contributed by atoms with Crippen LogP contribution < -0.4 is 11.2 Å². The van der Waals surface area contributed by atoms with E-state index in [1.807, 2.05) is 20.8 Å². The Morgan fingerprint density at radius 1 is 1.30 bits per heavy atom. The molecule has 140 valence electrons. The van der Waals surface area contributed by atoms with Gasteiger partial charge in [-0.25, -0.2) is 4.39 Å². The van der Waals surface area contributed by atoms with Crippen LogP contribution in [-0.2, 0) is 5.41 Å². The minimum Gasteiger partial charge on any atom is -0.364 e. The van der Waals surface area contributed by atoms with E-state index in [-0.39, 0.29) is 16.1 Å². The van der Waals surface area contributed by atoms with Crippen LogP contribution in [-0.4, -0.2) is 15.9 Å². The topological polar surface area (TPSA) is 88.8 Å². The number of nitrogens with zero attached hydrogens (tertiary/aromatic N) is 1. The van der Waals surface area contributed by atoms with Crippen molar-refractivity contribution in [2.45, 2.75) is 33.1 Å². The van der Waals surface area contributed by atoms with Crippen LogP contribution in [0.25, 0.3) is 22.2 Å². The van der Waals surface area contributed by atoms with Crippen molar-refractivity contribution in [3.63, 3.8) is 0 Å². The number of primary amides is 1. The maximum Gasteiger partial charge on any atom is 0.268 e. The summed E-state index contributed by atoms with van der Waals surface area (Å²) in [7, 11) is 0. The highest BCUT2D eigenvalue weighted by Crippen LogP contribution is 2.37. The van der Waals surface area contributed by atoms with E-state index in [1.165, 1.54) is 12.3 Å². The summed E-state index contributed by atoms with van der Waals surface area (Å²) in [5.41, 5.74) is 6.35. The molecule has 7 heteroatoms. The molecule has 0 spiro atoms. The number of hydrogen-bond donors (Lipinski definition) is 2. The van der Waals surface area contributed by atoms with Gasteiger partial charge in [-0.05, 0) is 30.0 Å². The van der Waals surface area contributed by atoms with Gasteiger partial charge in [-0.3, -0.25) is 14.6 Å². The van der Waals surface area contributed by atoms with Crippen LogP contribution in [0.2, 0.25) is 5.02 Å². The Labute approximate surface area is 160 Å². The summed E-state index contributed by atoms with van der Waals surface area (Å²) in [5.74, 6) is -1.20. The third-order valence-electron chi connectivity index (χ3n) is 4.48. The number of benzene rings is 1. The summed E-state index contributed by atoms with van der Waals surface area (Å²) in [4.78, 5) is 31.1. The van der Waals surface area contributed by atoms with Gasteiger partial charge in [0.1, 0.15) is 11.5 Å². The number of aromatic nitrogens is 2. The number of carbonyl (C=O) groups is 1. The highest BCUT2D eigenvalue weighted by atomic mass is 35.5. The van der Waals surface area contributed by atoms with Crippen molar-refractivity contribution >= 4 is 28.4 Å². The Bertz CT molecular complexity index is 1150. The number of hydrogen-bond acceptors (Lipinski definition) is 3. The molecule has 0 unspecified atom stereocenters. The molecule has 0 saturated carbocycles. The van der Waals surface area contributed by atoms with Gasteiger partial charge in [0.15, 0.2) is 5.43 Å². The van der Waals surface area contributed by atoms with Crippen molar-refractivity contribution < 1.29 is 9.18 Å². The van der Waals surface area contributed by atoms with E-state index < -0.39 is 22.6 Å². The van der Waals surface area contributed by atoms with Gasteiger partial charge in [-0.2, -0.15) is 0 Å². The summed E-state index contributed by atoms with van der Waals surface area (Å²) < 4.78 is 15.0. The molecule has 0 aliphatic rings. The normalized spacial score (nSPS) is 11.8. The van der Waals surface area contributed by atoms with Gasteiger partial charge in [0.25, 0.3) is 5.91 Å². The molecule has 27 heavy (non-hydrogen) atoms. The fourth-order valence-corrected chi connectivity index (χ4v) is 3.69. The zero-order valence-corrected chi connectivity index (χ0v) is 16.2. The van der Waals surface area contributed by atoms with Gasteiger partial charge < -0.3 is 10.7 Å². The Morgan fingerprint density at radius 2 is 1.96 bits per heavy atom. The SMILES string of the molecule is Cc1c(-c2cc(=O)c3c(C(N)=O)nccc3[nH]2)cc(Cl)c(C(C)(C)C)c1F. The van der Waals surface area contributed by atoms with Crippen molar-refractivity contribution in [1.82, 2.24) is 9.97 Å². The maximum absolute atomic E-state index is 15.0. The first-order valence-corrected chi connectivity index (χ1v) is 8.71. The van der Waals surface area contributed by atoms with Gasteiger partial charge in [-0.1, -0.05) is 32.4 Å². The minimum absolute atomic E-state index is 0.101. The van der Waals surface area contributed by atoms with Crippen LogP contribution in [0.5, 0.6) is 0 Å². The molecule has 0 bridgehead atoms. The van der Waals surface area contributed by atoms with E-state index >= 15 is 4.39 Å². The van der Waals surface area contributed by atoms with E-state index in [1.54, 1.807) is 19.1 Å². The summed E-state index contributed by atoms with van der Waals surface area (Å²) >= 11 is 6.36. The molecule has 0 saturated heterocycles. The Balaban J connectivity index is 2.32. The second kappa shape index (κ2) is 6.46. The first kappa shape index (κ1) is 19.0. The van der Waals surface area contributed by atoms with Gasteiger partial charge in [-0.15, -0.1) is 0 Å². The highest BCUT2D eigenvalue weighted by Gasteiger charge is 2.25. The molecule has 0 aliphatic carbocycles. The van der Waals surface area contributed by atoms with Gasteiger partial charge in [0.2, 0.25) is 0 Å². The van der Waals surface area contributed by atoms with Crippen molar-refractivity contribution in [2.75, 3.05) is 0 Å². The molecule has 2 heterocycles. The number of pyridine rings is 2. The summed E-state index contributed by atoms with van der Waals surface area (Å²) in [6.45, 7) is 7.28. The van der Waals surface area contributed by atoms with E-state index in [0.29, 0.717) is 27.9 Å². The quantitative estimate of drug-likeness (QED) is 0.694. The van der Waals surface area contributed by atoms with Gasteiger partial charge in [0, 0.05) is 28.4 Å². The third kappa shape index (κ3) is 3.21. The molecule has 3 N–H and O–H groups in total. The molecule has 3 rings (SSSR count). The number of carbonyl (C=O) groups excluding carboxylic acids is 1. The Morgan fingerprint density at radius 3 is 2.56 bits per heavy atom. The summed E-state index contributed by atoms with van der Waals surface area (Å²) in [6.07, 6.45) is 1.38. The van der Waals surface area contributed by atoms with E-state index in [9.17, 15) is 9.59 Å². The number of amides is 1. The number of nitrogens with two attached hydrogens (primary N) is 1. The zero-order chi connectivity index (χ0) is 20.1. The molecule has 2 aromatic heterocycles. The van der Waals surface area contributed by atoms with Crippen molar-refractivity contribution in [3.05, 3.63) is 62.3 Å². The predicted molar refractivity (Wildman–Crippen MR) is 105 cm³/mol. The monoisotopic (exact) mass is 387 g/mol. The lowest BCUT2D eigenvalue weighted by atomic mass is 9.84. The highest BCUT2D eigenvalue weighted by molar-refractivity contribution is 6.31. The summed E-state index contributed by atoms with van der Waals surface area (Å²) in [6, 6.07) is 4.50. The van der Waals surface area contributed by atoms with Gasteiger partial charge in [0.05, 0.1) is 16.6 Å². The lowest BCUT2D eigenvalue weighted by molar-refractivity contribution is 0.0997. The molecule has 0 aliphatic heterocycles. The molecule has 5 nitrogen and oxygen atoms in total. The number of fused-ring (bicyclic) bond motifs is 1. The number of rotatable bonds is 2. The first-order valence-electron chi connectivity index (χ1n) is 8.33. The van der Waals surface area contributed by atoms with Crippen molar-refractivity contribution in [3.8, 4) is 11.3 Å². The molecule has 1 aromatic carbocycles. The van der Waals surface area contributed by atoms with E-state index in [4.69, 9.17) is 17.3 Å². The summed E-state index contributed by atoms with van der Waals surface area (Å²) in [5, 5.41) is 0.387. The number of halogens is 2. The average molecular weight is 388 g/mol. The molecular formula is C20H19ClFN3O2. The maximum atomic E-state index is 15.0. The fourth-order valence-electron chi connectivity index (χ4n) is 3.22. The Hall–Kier alpha value is -2.73. The van der Waals surface area contributed by atoms with Crippen LogP contribution in [0.1, 0.15) is 42.4 Å². The van der Waals surface area contributed by atoms with E-state index in [2.05, 4.69) is 9.97 Å². The average Bonchev–Trinajstić information content (AvgIpc) is 2.56. The molecular weight excluding hydrogens is 369 g/mol. The third-order valence-corrected chi connectivity index (χ3v) is 4.78. The lowest BCUT2D eigenvalue weighted by Crippen LogP contribution is -2.18. The number of nitrogens with one attached hydrogen (secondary N) is 1. The number of H-pyrrole nitrogens is 1. The minimum atomic E-state index is -0.793. The predicted octanol–water partition coefficient (Wildman–Crippen LogP) is 4.09. The Kier molecular flexibility index (Phi) is 4.56. The fraction of sp³-hybridized carbons (Fsp3) is 0.250. The van der Waals surface area contributed by atoms with Crippen molar-refractivity contribution in [1.29, 1.82) is 0 Å².